The second-order valence-electron chi connectivity index (χ2n) is 4.38. The van der Waals surface area contributed by atoms with Crippen molar-refractivity contribution in [3.63, 3.8) is 0 Å². The first kappa shape index (κ1) is 17.9. The molecule has 1 rings (SSSR count). The Balaban J connectivity index is 2.92. The quantitative estimate of drug-likeness (QED) is 0.735. The van der Waals surface area contributed by atoms with E-state index in [0.717, 1.165) is 6.26 Å². The van der Waals surface area contributed by atoms with E-state index in [9.17, 15) is 21.6 Å². The molecule has 0 radical (unpaired) electrons. The Morgan fingerprint density at radius 3 is 2.19 bits per heavy atom. The summed E-state index contributed by atoms with van der Waals surface area (Å²) >= 11 is 5.64. The van der Waals surface area contributed by atoms with Crippen LogP contribution in [0.3, 0.4) is 0 Å². The lowest BCUT2D eigenvalue weighted by molar-refractivity contribution is -0.139. The van der Waals surface area contributed by atoms with Crippen molar-refractivity contribution in [1.29, 1.82) is 0 Å². The fourth-order valence-electron chi connectivity index (χ4n) is 1.43. The highest BCUT2D eigenvalue weighted by atomic mass is 35.5. The summed E-state index contributed by atoms with van der Waals surface area (Å²) in [6, 6.07) is 3.62. The minimum Gasteiger partial charge on any atom is -0.480 e. The Bertz CT molecular complexity index is 712. The number of benzene rings is 1. The van der Waals surface area contributed by atoms with Crippen molar-refractivity contribution in [1.82, 2.24) is 4.72 Å². The lowest BCUT2D eigenvalue weighted by Gasteiger charge is -2.14. The van der Waals surface area contributed by atoms with Gasteiger partial charge in [0, 0.05) is 11.3 Å². The summed E-state index contributed by atoms with van der Waals surface area (Å²) in [5, 5.41) is 9.32. The molecule has 0 aliphatic rings. The van der Waals surface area contributed by atoms with E-state index in [2.05, 4.69) is 0 Å². The van der Waals surface area contributed by atoms with Gasteiger partial charge in [-0.25, -0.2) is 16.8 Å². The van der Waals surface area contributed by atoms with Crippen LogP contribution >= 0.6 is 11.6 Å². The first-order valence-corrected chi connectivity index (χ1v) is 9.62. The third kappa shape index (κ3) is 6.00. The van der Waals surface area contributed by atoms with Gasteiger partial charge in [0.15, 0.2) is 0 Å². The molecule has 0 spiro atoms. The summed E-state index contributed by atoms with van der Waals surface area (Å²) in [6.07, 6.45) is 0.584. The number of carbonyl (C=O) groups is 1. The second kappa shape index (κ2) is 6.73. The van der Waals surface area contributed by atoms with Gasteiger partial charge in [0.1, 0.15) is 15.9 Å². The summed E-state index contributed by atoms with van der Waals surface area (Å²) in [5.74, 6) is -1.89. The molecule has 0 aromatic heterocycles. The van der Waals surface area contributed by atoms with Crippen molar-refractivity contribution in [2.75, 3.05) is 12.0 Å². The molecule has 1 atom stereocenters. The van der Waals surface area contributed by atoms with Gasteiger partial charge in [-0.2, -0.15) is 4.72 Å². The van der Waals surface area contributed by atoms with Crippen molar-refractivity contribution in [3.05, 3.63) is 29.3 Å². The Kier molecular flexibility index (Phi) is 5.74. The van der Waals surface area contributed by atoms with E-state index in [4.69, 9.17) is 16.7 Å². The predicted octanol–water partition coefficient (Wildman–Crippen LogP) is 0.506. The molecule has 0 aliphatic carbocycles. The maximum atomic E-state index is 12.0. The van der Waals surface area contributed by atoms with Crippen LogP contribution in [-0.2, 0) is 24.7 Å². The molecule has 7 nitrogen and oxygen atoms in total. The summed E-state index contributed by atoms with van der Waals surface area (Å²) in [5.41, 5.74) is 0. The first-order chi connectivity index (χ1) is 9.51. The number of sulfonamides is 1. The van der Waals surface area contributed by atoms with E-state index in [-0.39, 0.29) is 11.3 Å². The number of aliphatic carboxylic acids is 1. The number of sulfone groups is 1. The van der Waals surface area contributed by atoms with Crippen molar-refractivity contribution < 1.29 is 26.7 Å². The molecule has 2 N–H and O–H groups in total. The van der Waals surface area contributed by atoms with Gasteiger partial charge < -0.3 is 5.11 Å². The number of halogens is 1. The van der Waals surface area contributed by atoms with Crippen LogP contribution in [0, 0.1) is 0 Å². The molecule has 0 fully saturated rings. The summed E-state index contributed by atoms with van der Waals surface area (Å²) in [4.78, 5) is 10.9. The smallest absolute Gasteiger partial charge is 0.321 e. The van der Waals surface area contributed by atoms with Crippen LogP contribution in [0.1, 0.15) is 6.42 Å². The van der Waals surface area contributed by atoms with Crippen molar-refractivity contribution in [3.8, 4) is 0 Å². The van der Waals surface area contributed by atoms with Gasteiger partial charge in [0.05, 0.1) is 10.6 Å². The van der Waals surface area contributed by atoms with Crippen LogP contribution in [0.15, 0.2) is 29.2 Å². The summed E-state index contributed by atoms with van der Waals surface area (Å²) in [7, 11) is -7.47. The maximum Gasteiger partial charge on any atom is 0.321 e. The summed E-state index contributed by atoms with van der Waals surface area (Å²) in [6.45, 7) is 0. The van der Waals surface area contributed by atoms with E-state index in [0.29, 0.717) is 5.02 Å². The highest BCUT2D eigenvalue weighted by Crippen LogP contribution is 2.14. The minimum atomic E-state index is -4.07. The monoisotopic (exact) mass is 355 g/mol. The fraction of sp³-hybridized carbons (Fsp3) is 0.364. The average molecular weight is 356 g/mol. The summed E-state index contributed by atoms with van der Waals surface area (Å²) < 4.78 is 48.1. The highest BCUT2D eigenvalue weighted by Gasteiger charge is 2.26. The molecular weight excluding hydrogens is 342 g/mol. The molecule has 0 amide bonds. The zero-order chi connectivity index (χ0) is 16.3. The lowest BCUT2D eigenvalue weighted by atomic mass is 10.2. The van der Waals surface area contributed by atoms with Gasteiger partial charge in [-0.3, -0.25) is 4.79 Å². The van der Waals surface area contributed by atoms with E-state index >= 15 is 0 Å². The molecule has 0 aliphatic heterocycles. The number of carboxylic acid groups (broad SMARTS) is 1. The highest BCUT2D eigenvalue weighted by molar-refractivity contribution is 7.90. The molecule has 0 heterocycles. The number of rotatable bonds is 7. The zero-order valence-electron chi connectivity index (χ0n) is 11.0. The van der Waals surface area contributed by atoms with Crippen LogP contribution in [-0.4, -0.2) is 46.0 Å². The van der Waals surface area contributed by atoms with E-state index in [1.165, 1.54) is 24.3 Å². The van der Waals surface area contributed by atoms with E-state index in [1.807, 2.05) is 4.72 Å². The molecule has 10 heteroatoms. The fourth-order valence-corrected chi connectivity index (χ4v) is 3.45. The second-order valence-corrected chi connectivity index (χ2v) is 8.79. The topological polar surface area (TPSA) is 118 Å². The van der Waals surface area contributed by atoms with Gasteiger partial charge in [0.25, 0.3) is 0 Å². The number of hydrogen-bond acceptors (Lipinski definition) is 5. The normalized spacial score (nSPS) is 13.8. The molecule has 0 unspecified atom stereocenters. The minimum absolute atomic E-state index is 0.155. The lowest BCUT2D eigenvalue weighted by Crippen LogP contribution is -2.41. The van der Waals surface area contributed by atoms with E-state index in [1.54, 1.807) is 0 Å². The Morgan fingerprint density at radius 1 is 1.24 bits per heavy atom. The number of nitrogens with one attached hydrogen (secondary N) is 1. The van der Waals surface area contributed by atoms with Crippen LogP contribution in [0.5, 0.6) is 0 Å². The largest absolute Gasteiger partial charge is 0.480 e. The van der Waals surface area contributed by atoms with Gasteiger partial charge in [0.2, 0.25) is 10.0 Å². The average Bonchev–Trinajstić information content (AvgIpc) is 2.33. The van der Waals surface area contributed by atoms with Crippen molar-refractivity contribution in [2.45, 2.75) is 17.4 Å². The Labute approximate surface area is 127 Å². The third-order valence-corrected chi connectivity index (χ3v) is 5.21. The van der Waals surface area contributed by atoms with Gasteiger partial charge in [-0.15, -0.1) is 0 Å². The molecule has 0 bridgehead atoms. The maximum absolute atomic E-state index is 12.0. The van der Waals surface area contributed by atoms with E-state index < -0.39 is 37.6 Å². The van der Waals surface area contributed by atoms with Crippen LogP contribution < -0.4 is 4.72 Å². The standard InChI is InChI=1S/C11H14ClNO6S2/c1-20(16,17)7-6-10(11(14)15)13-21(18,19)9-4-2-8(12)3-5-9/h2-5,10,13H,6-7H2,1H3,(H,14,15)/t10-/m1/s1. The zero-order valence-corrected chi connectivity index (χ0v) is 13.4. The molecular formula is C11H14ClNO6S2. The Morgan fingerprint density at radius 2 is 1.76 bits per heavy atom. The molecule has 21 heavy (non-hydrogen) atoms. The van der Waals surface area contributed by atoms with Crippen molar-refractivity contribution >= 4 is 37.4 Å². The molecule has 0 saturated carbocycles. The Hall–Kier alpha value is -1.16. The number of carboxylic acids is 1. The van der Waals surface area contributed by atoms with Gasteiger partial charge >= 0.3 is 5.97 Å². The molecule has 1 aromatic carbocycles. The first-order valence-electron chi connectivity index (χ1n) is 5.70. The molecule has 1 aromatic rings. The van der Waals surface area contributed by atoms with Gasteiger partial charge in [-0.1, -0.05) is 11.6 Å². The molecule has 118 valence electrons. The SMILES string of the molecule is CS(=O)(=O)CC[C@@H](NS(=O)(=O)c1ccc(Cl)cc1)C(=O)O. The van der Waals surface area contributed by atoms with Crippen LogP contribution in [0.2, 0.25) is 5.02 Å². The number of hydrogen-bond donors (Lipinski definition) is 2. The third-order valence-electron chi connectivity index (χ3n) is 2.50. The predicted molar refractivity (Wildman–Crippen MR) is 77.5 cm³/mol. The molecule has 0 saturated heterocycles. The van der Waals surface area contributed by atoms with Crippen molar-refractivity contribution in [2.24, 2.45) is 0 Å². The van der Waals surface area contributed by atoms with Crippen LogP contribution in [0.4, 0.5) is 0 Å². The van der Waals surface area contributed by atoms with Gasteiger partial charge in [-0.05, 0) is 30.7 Å². The van der Waals surface area contributed by atoms with Crippen LogP contribution in [0.25, 0.3) is 0 Å².